The summed E-state index contributed by atoms with van der Waals surface area (Å²) in [5.74, 6) is -2.45. The second-order valence-electron chi connectivity index (χ2n) is 8.36. The van der Waals surface area contributed by atoms with Crippen LogP contribution in [0.5, 0.6) is 0 Å². The summed E-state index contributed by atoms with van der Waals surface area (Å²) < 4.78 is 26.7. The van der Waals surface area contributed by atoms with E-state index in [1.807, 2.05) is 0 Å². The van der Waals surface area contributed by atoms with Crippen LogP contribution in [-0.2, 0) is 23.7 Å². The summed E-state index contributed by atoms with van der Waals surface area (Å²) >= 11 is 0. The van der Waals surface area contributed by atoms with Gasteiger partial charge < -0.3 is 79.9 Å². The topological polar surface area (TPSA) is 269 Å². The first kappa shape index (κ1) is 27.9. The van der Waals surface area contributed by atoms with Crippen LogP contribution in [0.25, 0.3) is 0 Å². The summed E-state index contributed by atoms with van der Waals surface area (Å²) in [6.07, 6.45) is -22.4. The molecular weight excluding hydrogens is 472 g/mol. The summed E-state index contributed by atoms with van der Waals surface area (Å²) in [6.45, 7) is -3.48. The Morgan fingerprint density at radius 1 is 0.618 bits per heavy atom. The Morgan fingerprint density at radius 2 is 1.18 bits per heavy atom. The van der Waals surface area contributed by atoms with Gasteiger partial charge in [0.15, 0.2) is 12.6 Å². The molecule has 0 unspecified atom stereocenters. The predicted octanol–water partition coefficient (Wildman–Crippen LogP) is -7.57. The maximum Gasteiger partial charge on any atom is 0.222 e. The molecule has 0 aromatic heterocycles. The minimum atomic E-state index is -2.45. The quantitative estimate of drug-likeness (QED) is 0.146. The van der Waals surface area contributed by atoms with E-state index in [1.165, 1.54) is 0 Å². The molecule has 3 aliphatic heterocycles. The van der Waals surface area contributed by atoms with Gasteiger partial charge in [-0.05, 0) is 0 Å². The van der Waals surface area contributed by atoms with Gasteiger partial charge in [-0.25, -0.2) is 0 Å². The number of aliphatic hydroxyl groups excluding tert-OH is 11. The lowest BCUT2D eigenvalue weighted by molar-refractivity contribution is -0.386. The van der Waals surface area contributed by atoms with Crippen LogP contribution < -0.4 is 0 Å². The summed E-state index contributed by atoms with van der Waals surface area (Å²) in [5, 5.41) is 110. The van der Waals surface area contributed by atoms with Crippen molar-refractivity contribution >= 4 is 0 Å². The fraction of sp³-hybridized carbons (Fsp3) is 1.00. The monoisotopic (exact) mass is 504 g/mol. The Labute approximate surface area is 192 Å². The zero-order chi connectivity index (χ0) is 25.4. The van der Waals surface area contributed by atoms with E-state index in [0.717, 1.165) is 0 Å². The van der Waals surface area contributed by atoms with Crippen LogP contribution in [0.2, 0.25) is 0 Å². The summed E-state index contributed by atoms with van der Waals surface area (Å²) in [5.41, 5.74) is 0. The van der Waals surface area contributed by atoms with E-state index in [2.05, 4.69) is 0 Å². The Bertz CT molecular complexity index is 653. The molecule has 0 aromatic rings. The van der Waals surface area contributed by atoms with E-state index in [1.54, 1.807) is 0 Å². The normalized spacial score (nSPS) is 52.1. The van der Waals surface area contributed by atoms with Crippen molar-refractivity contribution in [3.05, 3.63) is 0 Å². The molecule has 3 saturated heterocycles. The number of ether oxygens (including phenoxy) is 5. The van der Waals surface area contributed by atoms with Gasteiger partial charge in [-0.3, -0.25) is 0 Å². The zero-order valence-corrected chi connectivity index (χ0v) is 17.8. The highest BCUT2D eigenvalue weighted by molar-refractivity contribution is 5.01. The second kappa shape index (κ2) is 11.2. The van der Waals surface area contributed by atoms with Gasteiger partial charge in [0, 0.05) is 0 Å². The SMILES string of the molecule is OC[C@H]1O[C@@](CO)(O[C@@H]2[C@@H](O)[C@H](O)[C@@H](CO)O[C@@H]2O)[C@@H](O[C@H]2O[C@H](CO)[C@@H](O)[C@H](O)[C@H]2O)[C@@H]1O. The molecule has 16 nitrogen and oxygen atoms in total. The second-order valence-corrected chi connectivity index (χ2v) is 8.36. The molecule has 3 rings (SSSR count). The zero-order valence-electron chi connectivity index (χ0n) is 17.8. The lowest BCUT2D eigenvalue weighted by Crippen LogP contribution is -2.65. The predicted molar refractivity (Wildman–Crippen MR) is 101 cm³/mol. The molecule has 200 valence electrons. The molecule has 3 fully saturated rings. The summed E-state index contributed by atoms with van der Waals surface area (Å²) in [6, 6.07) is 0. The molecular formula is C18H32O16. The molecule has 0 aliphatic carbocycles. The van der Waals surface area contributed by atoms with Gasteiger partial charge in [0.2, 0.25) is 5.79 Å². The molecule has 0 aromatic carbocycles. The van der Waals surface area contributed by atoms with E-state index < -0.39 is 112 Å². The first-order valence-corrected chi connectivity index (χ1v) is 10.6. The summed E-state index contributed by atoms with van der Waals surface area (Å²) in [4.78, 5) is 0. The largest absolute Gasteiger partial charge is 0.394 e. The van der Waals surface area contributed by atoms with Gasteiger partial charge in [-0.2, -0.15) is 0 Å². The molecule has 0 saturated carbocycles. The van der Waals surface area contributed by atoms with Gasteiger partial charge in [0.25, 0.3) is 0 Å². The van der Waals surface area contributed by atoms with Gasteiger partial charge >= 0.3 is 0 Å². The van der Waals surface area contributed by atoms with E-state index in [4.69, 9.17) is 23.7 Å². The average Bonchev–Trinajstić information content (AvgIpc) is 3.10. The minimum Gasteiger partial charge on any atom is -0.394 e. The van der Waals surface area contributed by atoms with Gasteiger partial charge in [-0.1, -0.05) is 0 Å². The third-order valence-electron chi connectivity index (χ3n) is 6.18. The lowest BCUT2D eigenvalue weighted by Gasteiger charge is -2.45. The van der Waals surface area contributed by atoms with Crippen molar-refractivity contribution in [2.75, 3.05) is 26.4 Å². The third kappa shape index (κ3) is 4.96. The van der Waals surface area contributed by atoms with Crippen molar-refractivity contribution < 1.29 is 79.9 Å². The van der Waals surface area contributed by atoms with Crippen LogP contribution in [0.15, 0.2) is 0 Å². The molecule has 3 aliphatic rings. The fourth-order valence-corrected chi connectivity index (χ4v) is 4.19. The molecule has 0 amide bonds. The first-order chi connectivity index (χ1) is 16.0. The highest BCUT2D eigenvalue weighted by Crippen LogP contribution is 2.39. The first-order valence-electron chi connectivity index (χ1n) is 10.6. The molecule has 11 N–H and O–H groups in total. The molecule has 0 bridgehead atoms. The van der Waals surface area contributed by atoms with Crippen LogP contribution in [0, 0.1) is 0 Å². The number of aliphatic hydroxyl groups is 11. The van der Waals surface area contributed by atoms with Crippen molar-refractivity contribution in [3.63, 3.8) is 0 Å². The van der Waals surface area contributed by atoms with E-state index >= 15 is 0 Å². The highest BCUT2D eigenvalue weighted by atomic mass is 16.8. The van der Waals surface area contributed by atoms with Gasteiger partial charge in [-0.15, -0.1) is 0 Å². The Balaban J connectivity index is 1.87. The highest BCUT2D eigenvalue weighted by Gasteiger charge is 2.61. The van der Waals surface area contributed by atoms with Crippen molar-refractivity contribution in [3.8, 4) is 0 Å². The van der Waals surface area contributed by atoms with Crippen molar-refractivity contribution in [1.29, 1.82) is 0 Å². The Morgan fingerprint density at radius 3 is 1.74 bits per heavy atom. The maximum absolute atomic E-state index is 10.6. The lowest BCUT2D eigenvalue weighted by atomic mass is 9.97. The standard InChI is InChI=1S/C18H32O16/c19-1-5-9(24)12(27)14(16(29)30-5)34-18(4-22)15(10(25)7(3-21)33-18)32-17-13(28)11(26)8(23)6(2-20)31-17/h5-17,19-29H,1-4H2/t5-,6-,7-,8-,9-,10-,11+,12+,13-,14-,15+,16+,17-,18+/m1/s1. The molecule has 16 heteroatoms. The van der Waals surface area contributed by atoms with Crippen molar-refractivity contribution in [1.82, 2.24) is 0 Å². The van der Waals surface area contributed by atoms with Gasteiger partial charge in [0.1, 0.15) is 73.8 Å². The van der Waals surface area contributed by atoms with Gasteiger partial charge in [0.05, 0.1) is 19.8 Å². The van der Waals surface area contributed by atoms with Crippen LogP contribution in [0.3, 0.4) is 0 Å². The van der Waals surface area contributed by atoms with Crippen molar-refractivity contribution in [2.45, 2.75) is 85.5 Å². The van der Waals surface area contributed by atoms with Crippen LogP contribution in [0.1, 0.15) is 0 Å². The Hall–Kier alpha value is -0.640. The van der Waals surface area contributed by atoms with E-state index in [-0.39, 0.29) is 0 Å². The Kier molecular flexibility index (Phi) is 9.18. The smallest absolute Gasteiger partial charge is 0.222 e. The maximum atomic E-state index is 10.6. The summed E-state index contributed by atoms with van der Waals surface area (Å²) in [7, 11) is 0. The van der Waals surface area contributed by atoms with Crippen LogP contribution in [0.4, 0.5) is 0 Å². The fourth-order valence-electron chi connectivity index (χ4n) is 4.19. The average molecular weight is 504 g/mol. The van der Waals surface area contributed by atoms with Crippen LogP contribution >= 0.6 is 0 Å². The van der Waals surface area contributed by atoms with Crippen molar-refractivity contribution in [2.24, 2.45) is 0 Å². The third-order valence-corrected chi connectivity index (χ3v) is 6.18. The minimum absolute atomic E-state index is 0.752. The molecule has 0 radical (unpaired) electrons. The molecule has 14 atom stereocenters. The molecule has 3 heterocycles. The number of rotatable bonds is 8. The number of hydrogen-bond acceptors (Lipinski definition) is 16. The molecule has 0 spiro atoms. The molecule has 34 heavy (non-hydrogen) atoms. The van der Waals surface area contributed by atoms with E-state index in [0.29, 0.717) is 0 Å². The van der Waals surface area contributed by atoms with E-state index in [9.17, 15) is 56.2 Å². The van der Waals surface area contributed by atoms with Crippen LogP contribution in [-0.4, -0.2) is 168 Å². The number of hydrogen-bond donors (Lipinski definition) is 11.